The van der Waals surface area contributed by atoms with Gasteiger partial charge in [-0.3, -0.25) is 9.52 Å². The lowest BCUT2D eigenvalue weighted by molar-refractivity contribution is 0.0955. The Labute approximate surface area is 157 Å². The number of benzene rings is 2. The molecule has 0 aliphatic carbocycles. The van der Waals surface area contributed by atoms with Crippen molar-refractivity contribution in [3.05, 3.63) is 59.7 Å². The first-order chi connectivity index (χ1) is 12.8. The maximum absolute atomic E-state index is 13.8. The Bertz CT molecular complexity index is 904. The van der Waals surface area contributed by atoms with Gasteiger partial charge in [0, 0.05) is 13.1 Å². The molecule has 0 radical (unpaired) electrons. The summed E-state index contributed by atoms with van der Waals surface area (Å²) in [5.41, 5.74) is 0.0496. The summed E-state index contributed by atoms with van der Waals surface area (Å²) in [4.78, 5) is 11.5. The molecule has 0 heterocycles. The van der Waals surface area contributed by atoms with E-state index in [1.54, 1.807) is 6.07 Å². The second kappa shape index (κ2) is 9.43. The fraction of sp³-hybridized carbons (Fsp3) is 0.278. The van der Waals surface area contributed by atoms with E-state index in [1.165, 1.54) is 18.2 Å². The summed E-state index contributed by atoms with van der Waals surface area (Å²) in [5.74, 6) is -2.46. The molecule has 0 bridgehead atoms. The zero-order chi connectivity index (χ0) is 19.9. The quantitative estimate of drug-likeness (QED) is 0.568. The highest BCUT2D eigenvalue weighted by Gasteiger charge is 2.22. The number of rotatable bonds is 9. The van der Waals surface area contributed by atoms with Gasteiger partial charge in [0.05, 0.1) is 11.3 Å². The molecular formula is C18H21F2N3O3S. The molecule has 1 amide bonds. The molecular weight excluding hydrogens is 376 g/mol. The van der Waals surface area contributed by atoms with Gasteiger partial charge < -0.3 is 10.6 Å². The third-order valence-corrected chi connectivity index (χ3v) is 4.99. The molecule has 2 aromatic carbocycles. The zero-order valence-electron chi connectivity index (χ0n) is 14.8. The van der Waals surface area contributed by atoms with Crippen molar-refractivity contribution in [2.24, 2.45) is 0 Å². The number of amides is 1. The summed E-state index contributed by atoms with van der Waals surface area (Å²) >= 11 is 0. The summed E-state index contributed by atoms with van der Waals surface area (Å²) < 4.78 is 54.1. The number of halogens is 2. The Morgan fingerprint density at radius 1 is 1.04 bits per heavy atom. The SMILES string of the molecule is CCCNCCNC(=O)c1ccccc1NS(=O)(=O)c1cc(F)ccc1F. The molecule has 0 atom stereocenters. The van der Waals surface area contributed by atoms with E-state index in [0.29, 0.717) is 19.2 Å². The molecule has 0 saturated heterocycles. The fourth-order valence-corrected chi connectivity index (χ4v) is 3.48. The lowest BCUT2D eigenvalue weighted by Crippen LogP contribution is -2.32. The minimum absolute atomic E-state index is 0.0276. The lowest BCUT2D eigenvalue weighted by atomic mass is 10.1. The van der Waals surface area contributed by atoms with Crippen molar-refractivity contribution in [3.63, 3.8) is 0 Å². The highest BCUT2D eigenvalue weighted by Crippen LogP contribution is 2.22. The molecule has 146 valence electrons. The van der Waals surface area contributed by atoms with E-state index in [4.69, 9.17) is 0 Å². The van der Waals surface area contributed by atoms with Gasteiger partial charge in [-0.15, -0.1) is 0 Å². The van der Waals surface area contributed by atoms with Crippen LogP contribution in [0.3, 0.4) is 0 Å². The van der Waals surface area contributed by atoms with Gasteiger partial charge in [0.2, 0.25) is 0 Å². The third-order valence-electron chi connectivity index (χ3n) is 3.61. The number of carbonyl (C=O) groups is 1. The first-order valence-corrected chi connectivity index (χ1v) is 9.89. The maximum atomic E-state index is 13.8. The van der Waals surface area contributed by atoms with E-state index in [9.17, 15) is 22.0 Å². The molecule has 27 heavy (non-hydrogen) atoms. The molecule has 0 unspecified atom stereocenters. The summed E-state index contributed by atoms with van der Waals surface area (Å²) in [6, 6.07) is 8.05. The normalized spacial score (nSPS) is 11.2. The van der Waals surface area contributed by atoms with Gasteiger partial charge >= 0.3 is 0 Å². The average molecular weight is 397 g/mol. The van der Waals surface area contributed by atoms with Crippen molar-refractivity contribution >= 4 is 21.6 Å². The van der Waals surface area contributed by atoms with Gasteiger partial charge in [0.15, 0.2) is 0 Å². The number of sulfonamides is 1. The van der Waals surface area contributed by atoms with Crippen LogP contribution in [0.5, 0.6) is 0 Å². The molecule has 9 heteroatoms. The van der Waals surface area contributed by atoms with Gasteiger partial charge in [-0.05, 0) is 43.3 Å². The van der Waals surface area contributed by atoms with E-state index in [1.807, 2.05) is 6.92 Å². The minimum atomic E-state index is -4.41. The fourth-order valence-electron chi connectivity index (χ4n) is 2.31. The minimum Gasteiger partial charge on any atom is -0.351 e. The van der Waals surface area contributed by atoms with Crippen molar-refractivity contribution in [2.45, 2.75) is 18.2 Å². The molecule has 0 spiro atoms. The smallest absolute Gasteiger partial charge is 0.264 e. The number of carbonyl (C=O) groups excluding carboxylic acids is 1. The Hall–Kier alpha value is -2.52. The Balaban J connectivity index is 2.17. The van der Waals surface area contributed by atoms with Crippen LogP contribution in [-0.2, 0) is 10.0 Å². The second-order valence-electron chi connectivity index (χ2n) is 5.73. The van der Waals surface area contributed by atoms with E-state index >= 15 is 0 Å². The van der Waals surface area contributed by atoms with Gasteiger partial charge in [-0.25, -0.2) is 17.2 Å². The highest BCUT2D eigenvalue weighted by atomic mass is 32.2. The van der Waals surface area contributed by atoms with Crippen LogP contribution >= 0.6 is 0 Å². The van der Waals surface area contributed by atoms with Gasteiger partial charge in [0.25, 0.3) is 15.9 Å². The second-order valence-corrected chi connectivity index (χ2v) is 7.38. The van der Waals surface area contributed by atoms with Crippen molar-refractivity contribution < 1.29 is 22.0 Å². The molecule has 0 fully saturated rings. The summed E-state index contributed by atoms with van der Waals surface area (Å²) in [7, 11) is -4.41. The number of hydrogen-bond acceptors (Lipinski definition) is 4. The van der Waals surface area contributed by atoms with E-state index in [0.717, 1.165) is 25.1 Å². The van der Waals surface area contributed by atoms with Crippen LogP contribution in [0.15, 0.2) is 47.4 Å². The molecule has 0 aliphatic heterocycles. The van der Waals surface area contributed by atoms with Crippen LogP contribution in [0.25, 0.3) is 0 Å². The van der Waals surface area contributed by atoms with Crippen LogP contribution < -0.4 is 15.4 Å². The molecule has 0 aromatic heterocycles. The Morgan fingerprint density at radius 2 is 1.78 bits per heavy atom. The van der Waals surface area contributed by atoms with Gasteiger partial charge in [0.1, 0.15) is 16.5 Å². The van der Waals surface area contributed by atoms with Gasteiger partial charge in [-0.2, -0.15) is 0 Å². The first kappa shape index (κ1) is 20.8. The van der Waals surface area contributed by atoms with Crippen molar-refractivity contribution in [1.29, 1.82) is 0 Å². The van der Waals surface area contributed by atoms with E-state index in [2.05, 4.69) is 15.4 Å². The third kappa shape index (κ3) is 5.73. The summed E-state index contributed by atoms with van der Waals surface area (Å²) in [6.45, 7) is 3.78. The molecule has 6 nitrogen and oxygen atoms in total. The number of hydrogen-bond donors (Lipinski definition) is 3. The van der Waals surface area contributed by atoms with Crippen molar-refractivity contribution in [1.82, 2.24) is 10.6 Å². The summed E-state index contributed by atoms with van der Waals surface area (Å²) in [6.07, 6.45) is 0.967. The van der Waals surface area contributed by atoms with Crippen LogP contribution in [-0.4, -0.2) is 34.0 Å². The molecule has 3 N–H and O–H groups in total. The topological polar surface area (TPSA) is 87.3 Å². The van der Waals surface area contributed by atoms with Crippen LogP contribution in [0.4, 0.5) is 14.5 Å². The van der Waals surface area contributed by atoms with Crippen LogP contribution in [0, 0.1) is 11.6 Å². The Morgan fingerprint density at radius 3 is 2.52 bits per heavy atom. The summed E-state index contributed by atoms with van der Waals surface area (Å²) in [5, 5.41) is 5.80. The number of para-hydroxylation sites is 1. The maximum Gasteiger partial charge on any atom is 0.264 e. The lowest BCUT2D eigenvalue weighted by Gasteiger charge is -2.13. The van der Waals surface area contributed by atoms with Crippen molar-refractivity contribution in [3.8, 4) is 0 Å². The number of anilines is 1. The van der Waals surface area contributed by atoms with Crippen LogP contribution in [0.1, 0.15) is 23.7 Å². The average Bonchev–Trinajstić information content (AvgIpc) is 2.63. The number of nitrogens with one attached hydrogen (secondary N) is 3. The highest BCUT2D eigenvalue weighted by molar-refractivity contribution is 7.92. The first-order valence-electron chi connectivity index (χ1n) is 8.41. The van der Waals surface area contributed by atoms with Gasteiger partial charge in [-0.1, -0.05) is 19.1 Å². The molecule has 0 aliphatic rings. The monoisotopic (exact) mass is 397 g/mol. The predicted molar refractivity (Wildman–Crippen MR) is 99.1 cm³/mol. The zero-order valence-corrected chi connectivity index (χ0v) is 15.6. The van der Waals surface area contributed by atoms with E-state index in [-0.39, 0.29) is 11.3 Å². The van der Waals surface area contributed by atoms with Crippen LogP contribution in [0.2, 0.25) is 0 Å². The predicted octanol–water partition coefficient (Wildman–Crippen LogP) is 2.50. The largest absolute Gasteiger partial charge is 0.351 e. The van der Waals surface area contributed by atoms with Crippen molar-refractivity contribution in [2.75, 3.05) is 24.4 Å². The Kier molecular flexibility index (Phi) is 7.26. The molecule has 2 aromatic rings. The van der Waals surface area contributed by atoms with E-state index < -0.39 is 32.5 Å². The molecule has 0 saturated carbocycles. The standard InChI is InChI=1S/C18H21F2N3O3S/c1-2-9-21-10-11-22-18(24)14-5-3-4-6-16(14)23-27(25,26)17-12-13(19)7-8-15(17)20/h3-8,12,21,23H,2,9-11H2,1H3,(H,22,24). The molecule has 2 rings (SSSR count).